The molecule has 0 bridgehead atoms. The summed E-state index contributed by atoms with van der Waals surface area (Å²) < 4.78 is 1.98. The molecule has 1 atom stereocenters. The molecular weight excluding hydrogens is 222 g/mol. The molecule has 1 aliphatic heterocycles. The van der Waals surface area contributed by atoms with Crippen LogP contribution in [0.2, 0.25) is 5.15 Å². The molecule has 2 aromatic rings. The minimum atomic E-state index is 0.465. The zero-order valence-corrected chi connectivity index (χ0v) is 9.96. The number of nitrogens with zero attached hydrogens (tertiary/aromatic N) is 2. The SMILES string of the molecule is Cc1ccc2nc(C3CCNC3)c(Cl)n2c1. The number of pyridine rings is 1. The lowest BCUT2D eigenvalue weighted by molar-refractivity contribution is 0.742. The van der Waals surface area contributed by atoms with E-state index >= 15 is 0 Å². The van der Waals surface area contributed by atoms with E-state index in [-0.39, 0.29) is 0 Å². The van der Waals surface area contributed by atoms with E-state index in [1.54, 1.807) is 0 Å². The summed E-state index contributed by atoms with van der Waals surface area (Å²) >= 11 is 6.38. The van der Waals surface area contributed by atoms with Gasteiger partial charge in [0, 0.05) is 18.7 Å². The molecule has 84 valence electrons. The third-order valence-electron chi connectivity index (χ3n) is 3.18. The van der Waals surface area contributed by atoms with Crippen LogP contribution in [0.5, 0.6) is 0 Å². The van der Waals surface area contributed by atoms with E-state index in [0.717, 1.165) is 36.0 Å². The van der Waals surface area contributed by atoms with E-state index in [9.17, 15) is 0 Å². The van der Waals surface area contributed by atoms with Gasteiger partial charge in [-0.3, -0.25) is 4.40 Å². The van der Waals surface area contributed by atoms with Crippen LogP contribution in [0, 0.1) is 6.92 Å². The molecule has 16 heavy (non-hydrogen) atoms. The van der Waals surface area contributed by atoms with Crippen molar-refractivity contribution in [1.29, 1.82) is 0 Å². The van der Waals surface area contributed by atoms with Gasteiger partial charge in [0.15, 0.2) is 0 Å². The fraction of sp³-hybridized carbons (Fsp3) is 0.417. The average molecular weight is 236 g/mol. The average Bonchev–Trinajstić information content (AvgIpc) is 2.87. The molecular formula is C12H14ClN3. The quantitative estimate of drug-likeness (QED) is 0.823. The number of hydrogen-bond donors (Lipinski definition) is 1. The molecule has 1 N–H and O–H groups in total. The lowest BCUT2D eigenvalue weighted by Crippen LogP contribution is -2.08. The van der Waals surface area contributed by atoms with Gasteiger partial charge >= 0.3 is 0 Å². The molecule has 1 fully saturated rings. The van der Waals surface area contributed by atoms with Crippen LogP contribution in [0.15, 0.2) is 18.3 Å². The number of fused-ring (bicyclic) bond motifs is 1. The van der Waals surface area contributed by atoms with Crippen LogP contribution >= 0.6 is 11.6 Å². The van der Waals surface area contributed by atoms with Gasteiger partial charge in [0.25, 0.3) is 0 Å². The summed E-state index contributed by atoms with van der Waals surface area (Å²) in [7, 11) is 0. The molecule has 1 unspecified atom stereocenters. The Balaban J connectivity index is 2.15. The van der Waals surface area contributed by atoms with Crippen LogP contribution in [-0.4, -0.2) is 22.5 Å². The molecule has 0 amide bonds. The monoisotopic (exact) mass is 235 g/mol. The van der Waals surface area contributed by atoms with Gasteiger partial charge < -0.3 is 5.32 Å². The Morgan fingerprint density at radius 3 is 3.12 bits per heavy atom. The van der Waals surface area contributed by atoms with Gasteiger partial charge in [-0.2, -0.15) is 0 Å². The molecule has 1 saturated heterocycles. The molecule has 0 aromatic carbocycles. The molecule has 0 radical (unpaired) electrons. The first-order valence-electron chi connectivity index (χ1n) is 5.60. The summed E-state index contributed by atoms with van der Waals surface area (Å²) in [4.78, 5) is 4.63. The molecule has 1 aliphatic rings. The number of aryl methyl sites for hydroxylation is 1. The highest BCUT2D eigenvalue weighted by Gasteiger charge is 2.23. The predicted molar refractivity (Wildman–Crippen MR) is 65.2 cm³/mol. The topological polar surface area (TPSA) is 29.3 Å². The molecule has 0 aliphatic carbocycles. The third kappa shape index (κ3) is 1.51. The van der Waals surface area contributed by atoms with E-state index in [1.165, 1.54) is 5.56 Å². The van der Waals surface area contributed by atoms with E-state index in [1.807, 2.05) is 16.7 Å². The van der Waals surface area contributed by atoms with Crippen LogP contribution in [0.3, 0.4) is 0 Å². The zero-order chi connectivity index (χ0) is 11.1. The second kappa shape index (κ2) is 3.75. The fourth-order valence-electron chi connectivity index (χ4n) is 2.29. The van der Waals surface area contributed by atoms with Crippen LogP contribution in [0.4, 0.5) is 0 Å². The van der Waals surface area contributed by atoms with Crippen molar-refractivity contribution < 1.29 is 0 Å². The van der Waals surface area contributed by atoms with Gasteiger partial charge in [-0.15, -0.1) is 0 Å². The van der Waals surface area contributed by atoms with E-state index in [0.29, 0.717) is 5.92 Å². The Bertz CT molecular complexity index is 526. The first-order valence-corrected chi connectivity index (χ1v) is 5.98. The highest BCUT2D eigenvalue weighted by molar-refractivity contribution is 6.30. The molecule has 3 heterocycles. The maximum Gasteiger partial charge on any atom is 0.138 e. The molecule has 3 nitrogen and oxygen atoms in total. The van der Waals surface area contributed by atoms with Crippen molar-refractivity contribution in [2.45, 2.75) is 19.3 Å². The lowest BCUT2D eigenvalue weighted by atomic mass is 10.1. The van der Waals surface area contributed by atoms with Crippen molar-refractivity contribution in [3.8, 4) is 0 Å². The summed E-state index contributed by atoms with van der Waals surface area (Å²) in [6.07, 6.45) is 3.17. The van der Waals surface area contributed by atoms with Crippen LogP contribution < -0.4 is 5.32 Å². The molecule has 0 spiro atoms. The maximum atomic E-state index is 6.38. The second-order valence-electron chi connectivity index (χ2n) is 4.41. The standard InChI is InChI=1S/C12H14ClN3/c1-8-2-3-10-15-11(9-4-5-14-6-9)12(13)16(10)7-8/h2-3,7,9,14H,4-6H2,1H3. The van der Waals surface area contributed by atoms with Gasteiger partial charge in [0.1, 0.15) is 10.8 Å². The molecule has 4 heteroatoms. The molecule has 2 aromatic heterocycles. The first kappa shape index (κ1) is 10.1. The number of aromatic nitrogens is 2. The van der Waals surface area contributed by atoms with Gasteiger partial charge in [-0.1, -0.05) is 17.7 Å². The highest BCUT2D eigenvalue weighted by atomic mass is 35.5. The third-order valence-corrected chi connectivity index (χ3v) is 3.56. The summed E-state index contributed by atoms with van der Waals surface area (Å²) in [5.74, 6) is 0.465. The number of halogens is 1. The van der Waals surface area contributed by atoms with Crippen LogP contribution in [0.1, 0.15) is 23.6 Å². The smallest absolute Gasteiger partial charge is 0.138 e. The second-order valence-corrected chi connectivity index (χ2v) is 4.77. The first-order chi connectivity index (χ1) is 7.75. The number of nitrogens with one attached hydrogen (secondary N) is 1. The van der Waals surface area contributed by atoms with E-state index in [4.69, 9.17) is 11.6 Å². The maximum absolute atomic E-state index is 6.38. The van der Waals surface area contributed by atoms with Gasteiger partial charge in [-0.05, 0) is 31.5 Å². The van der Waals surface area contributed by atoms with Gasteiger partial charge in [0.2, 0.25) is 0 Å². The largest absolute Gasteiger partial charge is 0.316 e. The van der Waals surface area contributed by atoms with Gasteiger partial charge in [-0.25, -0.2) is 4.98 Å². The summed E-state index contributed by atoms with van der Waals surface area (Å²) in [6.45, 7) is 4.11. The zero-order valence-electron chi connectivity index (χ0n) is 9.20. The number of rotatable bonds is 1. The number of imidazole rings is 1. The predicted octanol–water partition coefficient (Wildman–Crippen LogP) is 2.37. The highest BCUT2D eigenvalue weighted by Crippen LogP contribution is 2.29. The molecule has 3 rings (SSSR count). The van der Waals surface area contributed by atoms with Crippen molar-refractivity contribution in [3.05, 3.63) is 34.7 Å². The summed E-state index contributed by atoms with van der Waals surface area (Å²) in [6, 6.07) is 4.09. The summed E-state index contributed by atoms with van der Waals surface area (Å²) in [5, 5.41) is 4.12. The van der Waals surface area contributed by atoms with Crippen molar-refractivity contribution >= 4 is 17.2 Å². The number of hydrogen-bond acceptors (Lipinski definition) is 2. The Labute approximate surface area is 99.4 Å². The lowest BCUT2D eigenvalue weighted by Gasteiger charge is -2.04. The minimum absolute atomic E-state index is 0.465. The Kier molecular flexibility index (Phi) is 2.37. The fourth-order valence-corrected chi connectivity index (χ4v) is 2.62. The van der Waals surface area contributed by atoms with Crippen molar-refractivity contribution in [1.82, 2.24) is 14.7 Å². The Hall–Kier alpha value is -1.06. The van der Waals surface area contributed by atoms with Gasteiger partial charge in [0.05, 0.1) is 5.69 Å². The minimum Gasteiger partial charge on any atom is -0.316 e. The van der Waals surface area contributed by atoms with E-state index < -0.39 is 0 Å². The van der Waals surface area contributed by atoms with Crippen molar-refractivity contribution in [2.75, 3.05) is 13.1 Å². The van der Waals surface area contributed by atoms with Crippen LogP contribution in [0.25, 0.3) is 5.65 Å². The normalized spacial score (nSPS) is 20.8. The summed E-state index contributed by atoms with van der Waals surface area (Å²) in [5.41, 5.74) is 3.18. The van der Waals surface area contributed by atoms with Crippen molar-refractivity contribution in [2.24, 2.45) is 0 Å². The van der Waals surface area contributed by atoms with Crippen LogP contribution in [-0.2, 0) is 0 Å². The molecule has 0 saturated carbocycles. The van der Waals surface area contributed by atoms with Crippen molar-refractivity contribution in [3.63, 3.8) is 0 Å². The van der Waals surface area contributed by atoms with E-state index in [2.05, 4.69) is 23.3 Å². The Morgan fingerprint density at radius 1 is 1.50 bits per heavy atom. The Morgan fingerprint density at radius 2 is 2.38 bits per heavy atom.